The lowest BCUT2D eigenvalue weighted by atomic mass is 10.1. The SMILES string of the molecule is CSCCNC(=O)c1ccc(O)cc1C. The van der Waals surface area contributed by atoms with Crippen molar-refractivity contribution in [3.63, 3.8) is 0 Å². The van der Waals surface area contributed by atoms with Crippen molar-refractivity contribution in [2.45, 2.75) is 6.92 Å². The highest BCUT2D eigenvalue weighted by molar-refractivity contribution is 7.98. The summed E-state index contributed by atoms with van der Waals surface area (Å²) in [5, 5.41) is 12.0. The molecule has 3 nitrogen and oxygen atoms in total. The molecule has 15 heavy (non-hydrogen) atoms. The number of aryl methyl sites for hydroxylation is 1. The van der Waals surface area contributed by atoms with E-state index in [0.717, 1.165) is 11.3 Å². The van der Waals surface area contributed by atoms with Gasteiger partial charge in [-0.05, 0) is 36.9 Å². The van der Waals surface area contributed by atoms with E-state index in [4.69, 9.17) is 0 Å². The van der Waals surface area contributed by atoms with Crippen molar-refractivity contribution in [1.29, 1.82) is 0 Å². The van der Waals surface area contributed by atoms with Crippen molar-refractivity contribution < 1.29 is 9.90 Å². The van der Waals surface area contributed by atoms with Crippen LogP contribution in [0.4, 0.5) is 0 Å². The molecule has 0 bridgehead atoms. The number of phenols is 1. The van der Waals surface area contributed by atoms with E-state index in [-0.39, 0.29) is 11.7 Å². The van der Waals surface area contributed by atoms with E-state index < -0.39 is 0 Å². The van der Waals surface area contributed by atoms with Crippen LogP contribution in [0.5, 0.6) is 5.75 Å². The van der Waals surface area contributed by atoms with Crippen molar-refractivity contribution in [2.75, 3.05) is 18.6 Å². The van der Waals surface area contributed by atoms with Crippen LogP contribution in [-0.2, 0) is 0 Å². The van der Waals surface area contributed by atoms with Gasteiger partial charge in [0.1, 0.15) is 5.75 Å². The van der Waals surface area contributed by atoms with Crippen LogP contribution in [0, 0.1) is 6.92 Å². The van der Waals surface area contributed by atoms with Crippen molar-refractivity contribution in [1.82, 2.24) is 5.32 Å². The van der Waals surface area contributed by atoms with Crippen molar-refractivity contribution in [3.8, 4) is 5.75 Å². The second-order valence-corrected chi connectivity index (χ2v) is 4.23. The van der Waals surface area contributed by atoms with E-state index >= 15 is 0 Å². The first-order valence-corrected chi connectivity index (χ1v) is 6.11. The molecule has 2 N–H and O–H groups in total. The monoisotopic (exact) mass is 225 g/mol. The molecule has 0 aliphatic carbocycles. The van der Waals surface area contributed by atoms with E-state index in [1.54, 1.807) is 23.9 Å². The fourth-order valence-corrected chi connectivity index (χ4v) is 1.57. The van der Waals surface area contributed by atoms with Crippen molar-refractivity contribution in [3.05, 3.63) is 29.3 Å². The van der Waals surface area contributed by atoms with Gasteiger partial charge in [-0.1, -0.05) is 0 Å². The number of amides is 1. The number of carbonyl (C=O) groups is 1. The van der Waals surface area contributed by atoms with Gasteiger partial charge in [-0.25, -0.2) is 0 Å². The largest absolute Gasteiger partial charge is 0.508 e. The van der Waals surface area contributed by atoms with E-state index in [1.807, 2.05) is 13.2 Å². The smallest absolute Gasteiger partial charge is 0.251 e. The Morgan fingerprint density at radius 2 is 2.27 bits per heavy atom. The summed E-state index contributed by atoms with van der Waals surface area (Å²) in [7, 11) is 0. The molecule has 0 saturated heterocycles. The Morgan fingerprint density at radius 3 is 2.87 bits per heavy atom. The number of thioether (sulfide) groups is 1. The summed E-state index contributed by atoms with van der Waals surface area (Å²) >= 11 is 1.69. The van der Waals surface area contributed by atoms with Gasteiger partial charge in [-0.2, -0.15) is 11.8 Å². The third-order valence-corrected chi connectivity index (χ3v) is 2.66. The van der Waals surface area contributed by atoms with E-state index in [2.05, 4.69) is 5.32 Å². The van der Waals surface area contributed by atoms with Gasteiger partial charge >= 0.3 is 0 Å². The molecule has 0 atom stereocenters. The van der Waals surface area contributed by atoms with Gasteiger partial charge in [0.2, 0.25) is 0 Å². The summed E-state index contributed by atoms with van der Waals surface area (Å²) in [5.41, 5.74) is 1.41. The first-order valence-electron chi connectivity index (χ1n) is 4.72. The molecular weight excluding hydrogens is 210 g/mol. The summed E-state index contributed by atoms with van der Waals surface area (Å²) in [6.07, 6.45) is 2.00. The van der Waals surface area contributed by atoms with Gasteiger partial charge < -0.3 is 10.4 Å². The molecule has 1 aromatic rings. The number of nitrogens with one attached hydrogen (secondary N) is 1. The number of rotatable bonds is 4. The van der Waals surface area contributed by atoms with Crippen LogP contribution in [0.3, 0.4) is 0 Å². The molecule has 1 rings (SSSR count). The number of hydrogen-bond acceptors (Lipinski definition) is 3. The van der Waals surface area contributed by atoms with Gasteiger partial charge in [0, 0.05) is 17.9 Å². The van der Waals surface area contributed by atoms with Crippen LogP contribution in [0.15, 0.2) is 18.2 Å². The van der Waals surface area contributed by atoms with Crippen molar-refractivity contribution >= 4 is 17.7 Å². The molecule has 0 aliphatic heterocycles. The van der Waals surface area contributed by atoms with Crippen molar-refractivity contribution in [2.24, 2.45) is 0 Å². The molecular formula is C11H15NO2S. The topological polar surface area (TPSA) is 49.3 Å². The molecule has 0 spiro atoms. The second kappa shape index (κ2) is 5.66. The molecule has 0 saturated carbocycles. The average Bonchev–Trinajstić information content (AvgIpc) is 2.17. The maximum Gasteiger partial charge on any atom is 0.251 e. The highest BCUT2D eigenvalue weighted by Crippen LogP contribution is 2.15. The van der Waals surface area contributed by atoms with Gasteiger partial charge in [0.25, 0.3) is 5.91 Å². The molecule has 0 aliphatic rings. The number of phenolic OH excluding ortho intramolecular Hbond substituents is 1. The normalized spacial score (nSPS) is 10.0. The molecule has 0 radical (unpaired) electrons. The van der Waals surface area contributed by atoms with E-state index in [0.29, 0.717) is 12.1 Å². The van der Waals surface area contributed by atoms with E-state index in [9.17, 15) is 9.90 Å². The minimum atomic E-state index is -0.0819. The number of hydrogen-bond donors (Lipinski definition) is 2. The van der Waals surface area contributed by atoms with Crippen LogP contribution >= 0.6 is 11.8 Å². The summed E-state index contributed by atoms with van der Waals surface area (Å²) < 4.78 is 0. The quantitative estimate of drug-likeness (QED) is 0.768. The van der Waals surface area contributed by atoms with Crippen LogP contribution in [0.2, 0.25) is 0 Å². The summed E-state index contributed by atoms with van der Waals surface area (Å²) in [5.74, 6) is 1.01. The van der Waals surface area contributed by atoms with Gasteiger partial charge in [0.05, 0.1) is 0 Å². The van der Waals surface area contributed by atoms with E-state index in [1.165, 1.54) is 6.07 Å². The highest BCUT2D eigenvalue weighted by Gasteiger charge is 2.07. The average molecular weight is 225 g/mol. The lowest BCUT2D eigenvalue weighted by molar-refractivity contribution is 0.0955. The molecule has 82 valence electrons. The van der Waals surface area contributed by atoms with Gasteiger partial charge in [0.15, 0.2) is 0 Å². The molecule has 0 aromatic heterocycles. The Kier molecular flexibility index (Phi) is 4.49. The lowest BCUT2D eigenvalue weighted by Gasteiger charge is -2.07. The zero-order valence-corrected chi connectivity index (χ0v) is 9.73. The fourth-order valence-electron chi connectivity index (χ4n) is 1.26. The number of carbonyl (C=O) groups excluding carboxylic acids is 1. The molecule has 1 aromatic carbocycles. The maximum absolute atomic E-state index is 11.6. The first-order chi connectivity index (χ1) is 7.15. The Morgan fingerprint density at radius 1 is 1.53 bits per heavy atom. The molecule has 4 heteroatoms. The summed E-state index contributed by atoms with van der Waals surface area (Å²) in [6, 6.07) is 4.75. The molecule has 0 heterocycles. The predicted molar refractivity (Wildman–Crippen MR) is 63.6 cm³/mol. The Bertz CT molecular complexity index is 352. The van der Waals surface area contributed by atoms with Gasteiger partial charge in [-0.3, -0.25) is 4.79 Å². The zero-order valence-electron chi connectivity index (χ0n) is 8.91. The van der Waals surface area contributed by atoms with Crippen LogP contribution in [0.1, 0.15) is 15.9 Å². The molecule has 0 unspecified atom stereocenters. The minimum Gasteiger partial charge on any atom is -0.508 e. The fraction of sp³-hybridized carbons (Fsp3) is 0.364. The second-order valence-electron chi connectivity index (χ2n) is 3.25. The summed E-state index contributed by atoms with van der Waals surface area (Å²) in [4.78, 5) is 11.6. The third kappa shape index (κ3) is 3.47. The lowest BCUT2D eigenvalue weighted by Crippen LogP contribution is -2.26. The number of aromatic hydroxyl groups is 1. The standard InChI is InChI=1S/C11H15NO2S/c1-8-7-9(13)3-4-10(8)11(14)12-5-6-15-2/h3-4,7,13H,5-6H2,1-2H3,(H,12,14). The minimum absolute atomic E-state index is 0.0819. The van der Waals surface area contributed by atoms with Crippen LogP contribution in [-0.4, -0.2) is 29.6 Å². The predicted octanol–water partition coefficient (Wildman–Crippen LogP) is 1.79. The van der Waals surface area contributed by atoms with Crippen LogP contribution in [0.25, 0.3) is 0 Å². The Balaban J connectivity index is 2.65. The maximum atomic E-state index is 11.6. The molecule has 1 amide bonds. The van der Waals surface area contributed by atoms with Gasteiger partial charge in [-0.15, -0.1) is 0 Å². The Hall–Kier alpha value is -1.16. The third-order valence-electron chi connectivity index (χ3n) is 2.05. The highest BCUT2D eigenvalue weighted by atomic mass is 32.2. The first kappa shape index (κ1) is 11.9. The summed E-state index contributed by atoms with van der Waals surface area (Å²) in [6.45, 7) is 2.48. The zero-order chi connectivity index (χ0) is 11.3. The van der Waals surface area contributed by atoms with Crippen LogP contribution < -0.4 is 5.32 Å². The molecule has 0 fully saturated rings. The number of benzene rings is 1. The Labute approximate surface area is 93.9 Å².